The summed E-state index contributed by atoms with van der Waals surface area (Å²) in [6.07, 6.45) is 0.379. The van der Waals surface area contributed by atoms with Crippen LogP contribution in [0.3, 0.4) is 0 Å². The third kappa shape index (κ3) is 3.85. The normalized spacial score (nSPS) is 23.8. The van der Waals surface area contributed by atoms with Crippen LogP contribution in [-0.2, 0) is 9.84 Å². The number of halogens is 1. The van der Waals surface area contributed by atoms with Gasteiger partial charge in [0.2, 0.25) is 5.88 Å². The second-order valence-electron chi connectivity index (χ2n) is 5.27. The number of amides is 1. The zero-order chi connectivity index (χ0) is 15.7. The van der Waals surface area contributed by atoms with Crippen molar-refractivity contribution in [2.24, 2.45) is 0 Å². The first kappa shape index (κ1) is 16.0. The molecular formula is C13H17ClN2O4S. The minimum absolute atomic E-state index is 0.0353. The minimum Gasteiger partial charge on any atom is -0.478 e. The highest BCUT2D eigenvalue weighted by molar-refractivity contribution is 7.91. The quantitative estimate of drug-likeness (QED) is 0.901. The summed E-state index contributed by atoms with van der Waals surface area (Å²) < 4.78 is 28.3. The second-order valence-corrected chi connectivity index (χ2v) is 7.86. The van der Waals surface area contributed by atoms with Gasteiger partial charge in [-0.2, -0.15) is 0 Å². The molecule has 0 spiro atoms. The average Bonchev–Trinajstić information content (AvgIpc) is 2.65. The van der Waals surface area contributed by atoms with E-state index in [1.807, 2.05) is 0 Å². The number of ether oxygens (including phenoxy) is 1. The van der Waals surface area contributed by atoms with Crippen LogP contribution in [0.1, 0.15) is 30.8 Å². The van der Waals surface area contributed by atoms with Gasteiger partial charge in [0.05, 0.1) is 28.7 Å². The van der Waals surface area contributed by atoms with Crippen molar-refractivity contribution in [2.45, 2.75) is 25.8 Å². The molecule has 0 aliphatic carbocycles. The summed E-state index contributed by atoms with van der Waals surface area (Å²) in [5, 5.41) is 2.91. The fourth-order valence-corrected chi connectivity index (χ4v) is 4.54. The zero-order valence-electron chi connectivity index (χ0n) is 11.8. The fraction of sp³-hybridized carbons (Fsp3) is 0.538. The van der Waals surface area contributed by atoms with E-state index in [2.05, 4.69) is 10.3 Å². The highest BCUT2D eigenvalue weighted by Gasteiger charge is 2.40. The lowest BCUT2D eigenvalue weighted by Crippen LogP contribution is -2.47. The van der Waals surface area contributed by atoms with E-state index in [0.717, 1.165) is 0 Å². The van der Waals surface area contributed by atoms with Crippen LogP contribution in [-0.4, -0.2) is 43.0 Å². The molecule has 0 unspecified atom stereocenters. The maximum Gasteiger partial charge on any atom is 0.272 e. The van der Waals surface area contributed by atoms with Gasteiger partial charge in [-0.15, -0.1) is 0 Å². The Morgan fingerprint density at radius 2 is 2.24 bits per heavy atom. The van der Waals surface area contributed by atoms with Crippen molar-refractivity contribution in [1.29, 1.82) is 0 Å². The van der Waals surface area contributed by atoms with Crippen molar-refractivity contribution in [1.82, 2.24) is 10.3 Å². The molecule has 21 heavy (non-hydrogen) atoms. The average molecular weight is 333 g/mol. The van der Waals surface area contributed by atoms with E-state index in [4.69, 9.17) is 16.3 Å². The van der Waals surface area contributed by atoms with E-state index < -0.39 is 21.3 Å². The number of pyridine rings is 1. The molecule has 0 bridgehead atoms. The molecule has 1 amide bonds. The molecule has 1 atom stereocenters. The number of hydrogen-bond acceptors (Lipinski definition) is 5. The van der Waals surface area contributed by atoms with Gasteiger partial charge in [-0.3, -0.25) is 4.79 Å². The number of carbonyl (C=O) groups excluding carboxylic acids is 1. The summed E-state index contributed by atoms with van der Waals surface area (Å²) in [5.41, 5.74) is -0.754. The monoisotopic (exact) mass is 332 g/mol. The van der Waals surface area contributed by atoms with Crippen LogP contribution in [0.4, 0.5) is 0 Å². The molecule has 1 aromatic rings. The van der Waals surface area contributed by atoms with Crippen LogP contribution in [0, 0.1) is 0 Å². The number of sulfone groups is 1. The van der Waals surface area contributed by atoms with Crippen LogP contribution < -0.4 is 10.1 Å². The molecule has 1 aliphatic heterocycles. The van der Waals surface area contributed by atoms with Crippen LogP contribution in [0.15, 0.2) is 12.1 Å². The van der Waals surface area contributed by atoms with Crippen LogP contribution >= 0.6 is 11.6 Å². The third-order valence-corrected chi connectivity index (χ3v) is 5.45. The molecule has 1 aliphatic rings. The first-order chi connectivity index (χ1) is 9.75. The van der Waals surface area contributed by atoms with Crippen LogP contribution in [0.2, 0.25) is 5.02 Å². The van der Waals surface area contributed by atoms with E-state index in [1.165, 1.54) is 6.07 Å². The fourth-order valence-electron chi connectivity index (χ4n) is 2.25. The molecule has 0 saturated carbocycles. The molecule has 1 aromatic heterocycles. The van der Waals surface area contributed by atoms with Gasteiger partial charge in [0.15, 0.2) is 15.5 Å². The topological polar surface area (TPSA) is 85.4 Å². The maximum atomic E-state index is 12.3. The van der Waals surface area contributed by atoms with Crippen LogP contribution in [0.25, 0.3) is 0 Å². The molecule has 0 radical (unpaired) electrons. The van der Waals surface area contributed by atoms with E-state index in [1.54, 1.807) is 19.9 Å². The first-order valence-corrected chi connectivity index (χ1v) is 8.77. The van der Waals surface area contributed by atoms with Crippen molar-refractivity contribution >= 4 is 27.3 Å². The number of rotatable bonds is 4. The van der Waals surface area contributed by atoms with Crippen molar-refractivity contribution in [3.8, 4) is 5.88 Å². The standard InChI is InChI=1S/C13H17ClN2O4S/c1-3-20-10-5-4-9(14)11(15-10)12(17)16-13(2)6-7-21(18,19)8-13/h4-5H,3,6-8H2,1-2H3,(H,16,17)/t13-/m0/s1. The van der Waals surface area contributed by atoms with E-state index in [0.29, 0.717) is 18.9 Å². The molecule has 6 nitrogen and oxygen atoms in total. The molecule has 2 heterocycles. The summed E-state index contributed by atoms with van der Waals surface area (Å²) in [7, 11) is -3.10. The van der Waals surface area contributed by atoms with Gasteiger partial charge in [-0.25, -0.2) is 13.4 Å². The molecule has 1 N–H and O–H groups in total. The molecule has 1 saturated heterocycles. The SMILES string of the molecule is CCOc1ccc(Cl)c(C(=O)N[C@@]2(C)CCS(=O)(=O)C2)n1. The highest BCUT2D eigenvalue weighted by Crippen LogP contribution is 2.24. The van der Waals surface area contributed by atoms with Crippen molar-refractivity contribution < 1.29 is 17.9 Å². The maximum absolute atomic E-state index is 12.3. The van der Waals surface area contributed by atoms with Gasteiger partial charge in [0.1, 0.15) is 0 Å². The van der Waals surface area contributed by atoms with E-state index >= 15 is 0 Å². The summed E-state index contributed by atoms with van der Waals surface area (Å²) in [6, 6.07) is 3.10. The lowest BCUT2D eigenvalue weighted by atomic mass is 10.0. The number of aromatic nitrogens is 1. The summed E-state index contributed by atoms with van der Waals surface area (Å²) in [5.74, 6) is -0.198. The highest BCUT2D eigenvalue weighted by atomic mass is 35.5. The smallest absolute Gasteiger partial charge is 0.272 e. The Kier molecular flexibility index (Phi) is 4.43. The van der Waals surface area contributed by atoms with Gasteiger partial charge < -0.3 is 10.1 Å². The summed E-state index contributed by atoms with van der Waals surface area (Å²) in [4.78, 5) is 16.3. The lowest BCUT2D eigenvalue weighted by molar-refractivity contribution is 0.0909. The number of nitrogens with one attached hydrogen (secondary N) is 1. The van der Waals surface area contributed by atoms with Gasteiger partial charge in [0.25, 0.3) is 5.91 Å². The number of hydrogen-bond donors (Lipinski definition) is 1. The molecule has 1 fully saturated rings. The third-order valence-electron chi connectivity index (χ3n) is 3.25. The Morgan fingerprint density at radius 3 is 2.81 bits per heavy atom. The molecule has 8 heteroatoms. The predicted octanol–water partition coefficient (Wildman–Crippen LogP) is 1.44. The Hall–Kier alpha value is -1.34. The Labute approximate surface area is 128 Å². The number of carbonyl (C=O) groups is 1. The van der Waals surface area contributed by atoms with Gasteiger partial charge in [-0.05, 0) is 26.3 Å². The van der Waals surface area contributed by atoms with E-state index in [9.17, 15) is 13.2 Å². The molecular weight excluding hydrogens is 316 g/mol. The minimum atomic E-state index is -3.10. The Balaban J connectivity index is 2.19. The summed E-state index contributed by atoms with van der Waals surface area (Å²) in [6.45, 7) is 3.93. The predicted molar refractivity (Wildman–Crippen MR) is 79.6 cm³/mol. The van der Waals surface area contributed by atoms with Crippen molar-refractivity contribution in [2.75, 3.05) is 18.1 Å². The number of nitrogens with zero attached hydrogens (tertiary/aromatic N) is 1. The largest absolute Gasteiger partial charge is 0.478 e. The van der Waals surface area contributed by atoms with Gasteiger partial charge >= 0.3 is 0 Å². The lowest BCUT2D eigenvalue weighted by Gasteiger charge is -2.23. The van der Waals surface area contributed by atoms with Crippen molar-refractivity contribution in [3.05, 3.63) is 22.8 Å². The zero-order valence-corrected chi connectivity index (χ0v) is 13.4. The van der Waals surface area contributed by atoms with Gasteiger partial charge in [0, 0.05) is 6.07 Å². The van der Waals surface area contributed by atoms with Crippen molar-refractivity contribution in [3.63, 3.8) is 0 Å². The summed E-state index contributed by atoms with van der Waals surface area (Å²) >= 11 is 5.98. The Bertz CT molecular complexity index is 662. The molecule has 116 valence electrons. The van der Waals surface area contributed by atoms with Crippen LogP contribution in [0.5, 0.6) is 5.88 Å². The van der Waals surface area contributed by atoms with Gasteiger partial charge in [-0.1, -0.05) is 11.6 Å². The van der Waals surface area contributed by atoms with E-state index in [-0.39, 0.29) is 22.2 Å². The first-order valence-electron chi connectivity index (χ1n) is 6.57. The molecule has 2 rings (SSSR count). The second kappa shape index (κ2) is 5.81. The molecule has 0 aromatic carbocycles. The Morgan fingerprint density at radius 1 is 1.52 bits per heavy atom.